The molecule has 0 saturated carbocycles. The molecule has 1 rings (SSSR count). The minimum absolute atomic E-state index is 0.114. The lowest BCUT2D eigenvalue weighted by Gasteiger charge is -2.10. The van der Waals surface area contributed by atoms with Gasteiger partial charge in [-0.1, -0.05) is 23.7 Å². The molecule has 1 unspecified atom stereocenters. The first-order chi connectivity index (χ1) is 6.24. The highest BCUT2D eigenvalue weighted by molar-refractivity contribution is 6.32. The van der Waals surface area contributed by atoms with Gasteiger partial charge in [-0.25, -0.2) is 6.57 Å². The molecule has 0 aliphatic rings. The summed E-state index contributed by atoms with van der Waals surface area (Å²) in [6, 6.07) is 7.25. The Bertz CT molecular complexity index is 319. The van der Waals surface area contributed by atoms with Crippen LogP contribution in [0.5, 0.6) is 5.75 Å². The average Bonchev–Trinajstić information content (AvgIpc) is 2.09. The van der Waals surface area contributed by atoms with Crippen LogP contribution in [0.1, 0.15) is 6.92 Å². The van der Waals surface area contributed by atoms with Gasteiger partial charge in [-0.15, -0.1) is 0 Å². The molecule has 1 atom stereocenters. The second-order valence-electron chi connectivity index (χ2n) is 2.70. The Morgan fingerprint density at radius 1 is 1.54 bits per heavy atom. The van der Waals surface area contributed by atoms with Gasteiger partial charge in [-0.05, 0) is 19.1 Å². The van der Waals surface area contributed by atoms with Gasteiger partial charge in [0.1, 0.15) is 5.75 Å². The van der Waals surface area contributed by atoms with E-state index in [1.165, 1.54) is 0 Å². The third kappa shape index (κ3) is 2.96. The van der Waals surface area contributed by atoms with Crippen molar-refractivity contribution in [2.45, 2.75) is 13.0 Å². The van der Waals surface area contributed by atoms with E-state index in [4.69, 9.17) is 22.9 Å². The van der Waals surface area contributed by atoms with Crippen molar-refractivity contribution in [1.29, 1.82) is 0 Å². The van der Waals surface area contributed by atoms with Crippen LogP contribution in [0, 0.1) is 6.57 Å². The summed E-state index contributed by atoms with van der Waals surface area (Å²) in [4.78, 5) is 3.24. The van der Waals surface area contributed by atoms with Gasteiger partial charge in [0.15, 0.2) is 6.10 Å². The first-order valence-electron chi connectivity index (χ1n) is 3.98. The fourth-order valence-corrected chi connectivity index (χ4v) is 1.10. The molecule has 1 aromatic rings. The van der Waals surface area contributed by atoms with E-state index in [1.54, 1.807) is 12.1 Å². The average molecular weight is 196 g/mol. The van der Waals surface area contributed by atoms with Crippen LogP contribution < -0.4 is 4.74 Å². The van der Waals surface area contributed by atoms with E-state index in [0.29, 0.717) is 17.3 Å². The Balaban J connectivity index is 2.64. The van der Waals surface area contributed by atoms with Crippen molar-refractivity contribution in [2.24, 2.45) is 0 Å². The molecule has 0 aliphatic heterocycles. The third-order valence-corrected chi connectivity index (χ3v) is 1.83. The van der Waals surface area contributed by atoms with Crippen LogP contribution in [-0.2, 0) is 0 Å². The number of hydrogen-bond acceptors (Lipinski definition) is 1. The fourth-order valence-electron chi connectivity index (χ4n) is 0.923. The van der Waals surface area contributed by atoms with Crippen molar-refractivity contribution >= 4 is 11.6 Å². The number of ether oxygens (including phenoxy) is 1. The van der Waals surface area contributed by atoms with Gasteiger partial charge in [0, 0.05) is 0 Å². The van der Waals surface area contributed by atoms with Gasteiger partial charge >= 0.3 is 0 Å². The lowest BCUT2D eigenvalue weighted by molar-refractivity contribution is 0.238. The number of rotatable bonds is 3. The molecule has 0 bridgehead atoms. The number of halogens is 1. The molecule has 3 heteroatoms. The Hall–Kier alpha value is -1.20. The summed E-state index contributed by atoms with van der Waals surface area (Å²) in [5.74, 6) is 0.639. The first-order valence-corrected chi connectivity index (χ1v) is 4.36. The standard InChI is InChI=1S/C10H10ClNO/c1-8(7-12-2)13-10-6-4-3-5-9(10)11/h3-6,8H,7H2,1H3. The molecule has 0 heterocycles. The van der Waals surface area contributed by atoms with Crippen molar-refractivity contribution < 1.29 is 4.74 Å². The molecule has 0 spiro atoms. The zero-order valence-electron chi connectivity index (χ0n) is 7.33. The molecule has 0 aliphatic carbocycles. The maximum atomic E-state index is 6.66. The first kappa shape index (κ1) is 9.88. The Morgan fingerprint density at radius 2 is 2.23 bits per heavy atom. The van der Waals surface area contributed by atoms with Crippen molar-refractivity contribution in [3.63, 3.8) is 0 Å². The molecular formula is C10H10ClNO. The highest BCUT2D eigenvalue weighted by Crippen LogP contribution is 2.24. The zero-order chi connectivity index (χ0) is 9.68. The normalized spacial score (nSPS) is 11.8. The highest BCUT2D eigenvalue weighted by Gasteiger charge is 2.07. The SMILES string of the molecule is [C-]#[N+]CC(C)Oc1ccccc1Cl. The lowest BCUT2D eigenvalue weighted by Crippen LogP contribution is -2.14. The molecule has 0 radical (unpaired) electrons. The Kier molecular flexibility index (Phi) is 3.60. The highest BCUT2D eigenvalue weighted by atomic mass is 35.5. The van der Waals surface area contributed by atoms with Gasteiger partial charge in [0.05, 0.1) is 5.02 Å². The molecule has 0 N–H and O–H groups in total. The summed E-state index contributed by atoms with van der Waals surface area (Å²) in [6.45, 7) is 8.87. The van der Waals surface area contributed by atoms with E-state index >= 15 is 0 Å². The molecule has 0 aromatic heterocycles. The number of hydrogen-bond donors (Lipinski definition) is 0. The molecule has 1 aromatic carbocycles. The zero-order valence-corrected chi connectivity index (χ0v) is 8.08. The monoisotopic (exact) mass is 195 g/mol. The largest absolute Gasteiger partial charge is 0.481 e. The second-order valence-corrected chi connectivity index (χ2v) is 3.11. The number of nitrogens with zero attached hydrogens (tertiary/aromatic N) is 1. The van der Waals surface area contributed by atoms with E-state index in [2.05, 4.69) is 4.85 Å². The number of benzene rings is 1. The molecule has 2 nitrogen and oxygen atoms in total. The minimum atomic E-state index is -0.114. The third-order valence-electron chi connectivity index (χ3n) is 1.51. The molecule has 0 amide bonds. The van der Waals surface area contributed by atoms with Crippen molar-refractivity contribution in [3.05, 3.63) is 40.7 Å². The van der Waals surface area contributed by atoms with Crippen molar-refractivity contribution in [3.8, 4) is 5.75 Å². The Labute approximate surface area is 82.9 Å². The topological polar surface area (TPSA) is 13.6 Å². The Morgan fingerprint density at radius 3 is 2.85 bits per heavy atom. The number of para-hydroxylation sites is 1. The van der Waals surface area contributed by atoms with Gasteiger partial charge in [0.25, 0.3) is 6.54 Å². The van der Waals surface area contributed by atoms with E-state index in [0.717, 1.165) is 0 Å². The summed E-state index contributed by atoms with van der Waals surface area (Å²) in [5.41, 5.74) is 0. The maximum absolute atomic E-state index is 6.66. The summed E-state index contributed by atoms with van der Waals surface area (Å²) in [5, 5.41) is 0.583. The van der Waals surface area contributed by atoms with Gasteiger partial charge in [-0.2, -0.15) is 0 Å². The fraction of sp³-hybridized carbons (Fsp3) is 0.300. The molecule has 0 fully saturated rings. The van der Waals surface area contributed by atoms with Crippen LogP contribution in [-0.4, -0.2) is 12.6 Å². The van der Waals surface area contributed by atoms with Crippen LogP contribution in [0.3, 0.4) is 0 Å². The van der Waals surface area contributed by atoms with Gasteiger partial charge in [-0.3, -0.25) is 0 Å². The second kappa shape index (κ2) is 4.74. The summed E-state index contributed by atoms with van der Waals surface area (Å²) in [6.07, 6.45) is -0.114. The van der Waals surface area contributed by atoms with Crippen molar-refractivity contribution in [2.75, 3.05) is 6.54 Å². The van der Waals surface area contributed by atoms with E-state index in [9.17, 15) is 0 Å². The van der Waals surface area contributed by atoms with Crippen LogP contribution in [0.2, 0.25) is 5.02 Å². The molecule has 13 heavy (non-hydrogen) atoms. The molecular weight excluding hydrogens is 186 g/mol. The quantitative estimate of drug-likeness (QED) is 0.676. The van der Waals surface area contributed by atoms with Crippen LogP contribution >= 0.6 is 11.6 Å². The van der Waals surface area contributed by atoms with Crippen LogP contribution in [0.25, 0.3) is 4.85 Å². The predicted octanol–water partition coefficient (Wildman–Crippen LogP) is 3.03. The minimum Gasteiger partial charge on any atom is -0.481 e. The molecule has 68 valence electrons. The van der Waals surface area contributed by atoms with Crippen LogP contribution in [0.4, 0.5) is 0 Å². The van der Waals surface area contributed by atoms with Gasteiger partial charge < -0.3 is 9.58 Å². The summed E-state index contributed by atoms with van der Waals surface area (Å²) >= 11 is 5.87. The summed E-state index contributed by atoms with van der Waals surface area (Å²) in [7, 11) is 0. The van der Waals surface area contributed by atoms with Crippen LogP contribution in [0.15, 0.2) is 24.3 Å². The maximum Gasteiger partial charge on any atom is 0.250 e. The van der Waals surface area contributed by atoms with Gasteiger partial charge in [0.2, 0.25) is 0 Å². The van der Waals surface area contributed by atoms with E-state index < -0.39 is 0 Å². The lowest BCUT2D eigenvalue weighted by atomic mass is 10.3. The van der Waals surface area contributed by atoms with Crippen molar-refractivity contribution in [1.82, 2.24) is 0 Å². The molecule has 0 saturated heterocycles. The smallest absolute Gasteiger partial charge is 0.250 e. The van der Waals surface area contributed by atoms with E-state index in [1.807, 2.05) is 19.1 Å². The van der Waals surface area contributed by atoms with E-state index in [-0.39, 0.29) is 6.10 Å². The predicted molar refractivity (Wildman–Crippen MR) is 53.0 cm³/mol. The summed E-state index contributed by atoms with van der Waals surface area (Å²) < 4.78 is 5.44.